The lowest BCUT2D eigenvalue weighted by atomic mass is 10.1. The van der Waals surface area contributed by atoms with Crippen LogP contribution in [-0.4, -0.2) is 30.7 Å². The number of hydrogen-bond donors (Lipinski definition) is 2. The first-order valence-corrected chi connectivity index (χ1v) is 9.25. The molecule has 0 aliphatic carbocycles. The first-order valence-electron chi connectivity index (χ1n) is 8.84. The Morgan fingerprint density at radius 2 is 1.69 bits per heavy atom. The highest BCUT2D eigenvalue weighted by molar-refractivity contribution is 7.80. The Morgan fingerprint density at radius 3 is 2.38 bits per heavy atom. The average molecular weight is 369 g/mol. The molecule has 0 atom stereocenters. The van der Waals surface area contributed by atoms with Crippen molar-refractivity contribution in [1.82, 2.24) is 5.32 Å². The molecule has 3 rings (SSSR count). The van der Waals surface area contributed by atoms with E-state index in [0.29, 0.717) is 5.75 Å². The monoisotopic (exact) mass is 369 g/mol. The van der Waals surface area contributed by atoms with Gasteiger partial charge in [0.05, 0.1) is 0 Å². The number of carbonyl (C=O) groups is 1. The summed E-state index contributed by atoms with van der Waals surface area (Å²) < 4.78 is 5.40. The minimum absolute atomic E-state index is 0.0836. The molecule has 1 saturated heterocycles. The van der Waals surface area contributed by atoms with E-state index in [1.165, 1.54) is 24.9 Å². The van der Waals surface area contributed by atoms with Gasteiger partial charge >= 0.3 is 0 Å². The van der Waals surface area contributed by atoms with Crippen molar-refractivity contribution in [2.75, 3.05) is 29.9 Å². The molecule has 6 heteroatoms. The summed E-state index contributed by atoms with van der Waals surface area (Å²) in [6.07, 6.45) is 3.82. The molecule has 1 fully saturated rings. The van der Waals surface area contributed by atoms with E-state index in [9.17, 15) is 4.79 Å². The number of amides is 1. The molecule has 0 unspecified atom stereocenters. The molecule has 0 bridgehead atoms. The first kappa shape index (κ1) is 18.2. The molecular formula is C20H23N3O2S. The molecule has 0 radical (unpaired) electrons. The van der Waals surface area contributed by atoms with Crippen molar-refractivity contribution in [2.24, 2.45) is 0 Å². The van der Waals surface area contributed by atoms with E-state index in [-0.39, 0.29) is 17.6 Å². The van der Waals surface area contributed by atoms with Gasteiger partial charge < -0.3 is 15.0 Å². The van der Waals surface area contributed by atoms with Crippen molar-refractivity contribution < 1.29 is 9.53 Å². The zero-order valence-electron chi connectivity index (χ0n) is 14.6. The number of carbonyl (C=O) groups excluding carboxylic acids is 1. The zero-order valence-corrected chi connectivity index (χ0v) is 15.4. The lowest BCUT2D eigenvalue weighted by Crippen LogP contribution is -2.37. The SMILES string of the molecule is O=C(COc1ccccc1)NC(=S)Nc1ccc(N2CCCCC2)cc1. The van der Waals surface area contributed by atoms with Crippen LogP contribution in [0.25, 0.3) is 0 Å². The molecular weight excluding hydrogens is 346 g/mol. The second-order valence-corrected chi connectivity index (χ2v) is 6.61. The fraction of sp³-hybridized carbons (Fsp3) is 0.300. The number of ether oxygens (including phenoxy) is 1. The van der Waals surface area contributed by atoms with E-state index < -0.39 is 0 Å². The van der Waals surface area contributed by atoms with Gasteiger partial charge in [0.2, 0.25) is 0 Å². The summed E-state index contributed by atoms with van der Waals surface area (Å²) in [5.41, 5.74) is 2.07. The van der Waals surface area contributed by atoms with Gasteiger partial charge in [-0.15, -0.1) is 0 Å². The molecule has 2 N–H and O–H groups in total. The molecule has 2 aromatic rings. The van der Waals surface area contributed by atoms with Crippen LogP contribution in [0.3, 0.4) is 0 Å². The van der Waals surface area contributed by atoms with Crippen LogP contribution in [0, 0.1) is 0 Å². The number of benzene rings is 2. The molecule has 0 aromatic heterocycles. The van der Waals surface area contributed by atoms with Crippen LogP contribution in [0.1, 0.15) is 19.3 Å². The Kier molecular flexibility index (Phi) is 6.44. The topological polar surface area (TPSA) is 53.6 Å². The summed E-state index contributed by atoms with van der Waals surface area (Å²) in [6.45, 7) is 2.14. The van der Waals surface area contributed by atoms with Crippen molar-refractivity contribution in [3.05, 3.63) is 54.6 Å². The Morgan fingerprint density at radius 1 is 1.00 bits per heavy atom. The third-order valence-corrected chi connectivity index (χ3v) is 4.42. The van der Waals surface area contributed by atoms with Gasteiger partial charge in [-0.2, -0.15) is 0 Å². The number of nitrogens with one attached hydrogen (secondary N) is 2. The van der Waals surface area contributed by atoms with Gasteiger partial charge in [0.25, 0.3) is 5.91 Å². The third kappa shape index (κ3) is 5.46. The van der Waals surface area contributed by atoms with E-state index in [1.54, 1.807) is 12.1 Å². The van der Waals surface area contributed by atoms with Crippen molar-refractivity contribution in [2.45, 2.75) is 19.3 Å². The normalized spacial score (nSPS) is 13.8. The maximum absolute atomic E-state index is 11.9. The molecule has 136 valence electrons. The largest absolute Gasteiger partial charge is 0.484 e. The van der Waals surface area contributed by atoms with Gasteiger partial charge in [-0.1, -0.05) is 18.2 Å². The molecule has 1 heterocycles. The highest BCUT2D eigenvalue weighted by Gasteiger charge is 2.11. The van der Waals surface area contributed by atoms with Crippen LogP contribution < -0.4 is 20.3 Å². The van der Waals surface area contributed by atoms with Gasteiger partial charge in [0.1, 0.15) is 5.75 Å². The lowest BCUT2D eigenvalue weighted by molar-refractivity contribution is -0.121. The standard InChI is InChI=1S/C20H23N3O2S/c24-19(15-25-18-7-3-1-4-8-18)22-20(26)21-16-9-11-17(12-10-16)23-13-5-2-6-14-23/h1,3-4,7-12H,2,5-6,13-15H2,(H2,21,22,24,26). The maximum Gasteiger partial charge on any atom is 0.264 e. The molecule has 2 aromatic carbocycles. The summed E-state index contributed by atoms with van der Waals surface area (Å²) in [6, 6.07) is 17.3. The molecule has 1 aliphatic heterocycles. The summed E-state index contributed by atoms with van der Waals surface area (Å²) in [4.78, 5) is 14.3. The Hall–Kier alpha value is -2.60. The predicted molar refractivity (Wildman–Crippen MR) is 109 cm³/mol. The Labute approximate surface area is 159 Å². The Bertz CT molecular complexity index is 728. The van der Waals surface area contributed by atoms with E-state index in [1.807, 2.05) is 30.3 Å². The van der Waals surface area contributed by atoms with Crippen LogP contribution in [-0.2, 0) is 4.79 Å². The van der Waals surface area contributed by atoms with Crippen molar-refractivity contribution in [3.8, 4) is 5.75 Å². The molecule has 26 heavy (non-hydrogen) atoms. The van der Waals surface area contributed by atoms with E-state index >= 15 is 0 Å². The predicted octanol–water partition coefficient (Wildman–Crippen LogP) is 3.57. The molecule has 0 spiro atoms. The summed E-state index contributed by atoms with van der Waals surface area (Å²) in [7, 11) is 0. The fourth-order valence-corrected chi connectivity index (χ4v) is 3.13. The van der Waals surface area contributed by atoms with Crippen LogP contribution in [0.4, 0.5) is 11.4 Å². The van der Waals surface area contributed by atoms with Crippen LogP contribution in [0.5, 0.6) is 5.75 Å². The second-order valence-electron chi connectivity index (χ2n) is 6.20. The van der Waals surface area contributed by atoms with Crippen molar-refractivity contribution in [1.29, 1.82) is 0 Å². The van der Waals surface area contributed by atoms with E-state index in [2.05, 4.69) is 27.7 Å². The maximum atomic E-state index is 11.9. The average Bonchev–Trinajstić information content (AvgIpc) is 2.68. The number of anilines is 2. The Balaban J connectivity index is 1.44. The molecule has 0 saturated carbocycles. The highest BCUT2D eigenvalue weighted by Crippen LogP contribution is 2.21. The van der Waals surface area contributed by atoms with Gasteiger partial charge in [-0.25, -0.2) is 0 Å². The number of para-hydroxylation sites is 1. The van der Waals surface area contributed by atoms with E-state index in [0.717, 1.165) is 18.8 Å². The number of hydrogen-bond acceptors (Lipinski definition) is 4. The molecule has 5 nitrogen and oxygen atoms in total. The van der Waals surface area contributed by atoms with Crippen LogP contribution in [0.15, 0.2) is 54.6 Å². The van der Waals surface area contributed by atoms with Crippen LogP contribution in [0.2, 0.25) is 0 Å². The van der Waals surface area contributed by atoms with E-state index in [4.69, 9.17) is 17.0 Å². The van der Waals surface area contributed by atoms with Gasteiger partial charge in [-0.3, -0.25) is 10.1 Å². The number of rotatable bonds is 5. The summed E-state index contributed by atoms with van der Waals surface area (Å²) in [5.74, 6) is 0.353. The highest BCUT2D eigenvalue weighted by atomic mass is 32.1. The van der Waals surface area contributed by atoms with Gasteiger partial charge in [0, 0.05) is 24.5 Å². The van der Waals surface area contributed by atoms with Gasteiger partial charge in [0.15, 0.2) is 11.7 Å². The quantitative estimate of drug-likeness (QED) is 0.789. The van der Waals surface area contributed by atoms with Gasteiger partial charge in [-0.05, 0) is 67.9 Å². The minimum atomic E-state index is -0.295. The minimum Gasteiger partial charge on any atom is -0.484 e. The molecule has 1 aliphatic rings. The van der Waals surface area contributed by atoms with Crippen molar-refractivity contribution >= 4 is 34.6 Å². The number of thiocarbonyl (C=S) groups is 1. The third-order valence-electron chi connectivity index (χ3n) is 4.21. The fourth-order valence-electron chi connectivity index (χ4n) is 2.90. The second kappa shape index (κ2) is 9.20. The molecule has 1 amide bonds. The first-order chi connectivity index (χ1) is 12.7. The number of nitrogens with zero attached hydrogens (tertiary/aromatic N) is 1. The lowest BCUT2D eigenvalue weighted by Gasteiger charge is -2.28. The summed E-state index contributed by atoms with van der Waals surface area (Å²) >= 11 is 5.19. The zero-order chi connectivity index (χ0) is 18.2. The van der Waals surface area contributed by atoms with Crippen LogP contribution >= 0.6 is 12.2 Å². The van der Waals surface area contributed by atoms with Crippen molar-refractivity contribution in [3.63, 3.8) is 0 Å². The summed E-state index contributed by atoms with van der Waals surface area (Å²) in [5, 5.41) is 5.91. The number of piperidine rings is 1. The smallest absolute Gasteiger partial charge is 0.264 e.